The van der Waals surface area contributed by atoms with Crippen molar-refractivity contribution in [2.24, 2.45) is 0 Å². The predicted octanol–water partition coefficient (Wildman–Crippen LogP) is 1.78. The SMILES string of the molecule is O=C(NCc1ccc(Cl)cc1)Nc1ncn[nH]1. The third kappa shape index (κ3) is 3.46. The number of carbonyl (C=O) groups is 1. The van der Waals surface area contributed by atoms with Crippen LogP contribution < -0.4 is 10.6 Å². The second kappa shape index (κ2) is 5.31. The molecule has 0 spiro atoms. The summed E-state index contributed by atoms with van der Waals surface area (Å²) >= 11 is 5.75. The van der Waals surface area contributed by atoms with Crippen molar-refractivity contribution >= 4 is 23.6 Å². The van der Waals surface area contributed by atoms with E-state index < -0.39 is 0 Å². The molecule has 0 saturated carbocycles. The lowest BCUT2D eigenvalue weighted by Crippen LogP contribution is -2.28. The Labute approximate surface area is 102 Å². The first kappa shape index (κ1) is 11.4. The number of amides is 2. The van der Waals surface area contributed by atoms with Crippen molar-refractivity contribution in [1.29, 1.82) is 0 Å². The molecule has 0 bridgehead atoms. The van der Waals surface area contributed by atoms with Crippen molar-refractivity contribution in [3.63, 3.8) is 0 Å². The minimum Gasteiger partial charge on any atom is -0.334 e. The maximum Gasteiger partial charge on any atom is 0.321 e. The zero-order chi connectivity index (χ0) is 12.1. The molecule has 2 aromatic rings. The minimum atomic E-state index is -0.350. The van der Waals surface area contributed by atoms with Crippen LogP contribution >= 0.6 is 11.6 Å². The number of nitrogens with one attached hydrogen (secondary N) is 3. The summed E-state index contributed by atoms with van der Waals surface area (Å²) in [6, 6.07) is 6.88. The van der Waals surface area contributed by atoms with Crippen LogP contribution in [0.1, 0.15) is 5.56 Å². The highest BCUT2D eigenvalue weighted by Crippen LogP contribution is 2.09. The van der Waals surface area contributed by atoms with E-state index in [1.807, 2.05) is 12.1 Å². The smallest absolute Gasteiger partial charge is 0.321 e. The zero-order valence-corrected chi connectivity index (χ0v) is 9.53. The van der Waals surface area contributed by atoms with Gasteiger partial charge in [0.2, 0.25) is 5.95 Å². The Balaban J connectivity index is 1.82. The van der Waals surface area contributed by atoms with E-state index in [1.165, 1.54) is 6.33 Å². The summed E-state index contributed by atoms with van der Waals surface area (Å²) in [5.74, 6) is 0.304. The number of halogens is 1. The van der Waals surface area contributed by atoms with Crippen LogP contribution in [0.5, 0.6) is 0 Å². The number of hydrogen-bond donors (Lipinski definition) is 3. The van der Waals surface area contributed by atoms with E-state index >= 15 is 0 Å². The summed E-state index contributed by atoms with van der Waals surface area (Å²) in [5.41, 5.74) is 0.960. The second-order valence-corrected chi connectivity index (χ2v) is 3.70. The highest BCUT2D eigenvalue weighted by Gasteiger charge is 2.02. The molecular weight excluding hydrogens is 242 g/mol. The molecule has 17 heavy (non-hydrogen) atoms. The van der Waals surface area contributed by atoms with Crippen LogP contribution in [0.15, 0.2) is 30.6 Å². The Morgan fingerprint density at radius 1 is 1.35 bits per heavy atom. The predicted molar refractivity (Wildman–Crippen MR) is 63.7 cm³/mol. The van der Waals surface area contributed by atoms with Gasteiger partial charge in [0.05, 0.1) is 0 Å². The molecule has 0 radical (unpaired) electrons. The van der Waals surface area contributed by atoms with Gasteiger partial charge in [0, 0.05) is 11.6 Å². The highest BCUT2D eigenvalue weighted by atomic mass is 35.5. The minimum absolute atomic E-state index is 0.304. The summed E-state index contributed by atoms with van der Waals surface area (Å²) in [4.78, 5) is 15.2. The summed E-state index contributed by atoms with van der Waals surface area (Å²) in [5, 5.41) is 12.0. The van der Waals surface area contributed by atoms with E-state index in [0.717, 1.165) is 5.56 Å². The number of nitrogens with zero attached hydrogens (tertiary/aromatic N) is 2. The molecule has 0 aliphatic heterocycles. The van der Waals surface area contributed by atoms with Gasteiger partial charge in [-0.2, -0.15) is 10.1 Å². The largest absolute Gasteiger partial charge is 0.334 e. The number of benzene rings is 1. The normalized spacial score (nSPS) is 9.94. The van der Waals surface area contributed by atoms with Gasteiger partial charge in [0.15, 0.2) is 0 Å². The summed E-state index contributed by atoms with van der Waals surface area (Å²) < 4.78 is 0. The number of H-pyrrole nitrogens is 1. The topological polar surface area (TPSA) is 82.7 Å². The number of urea groups is 1. The first-order valence-electron chi connectivity index (χ1n) is 4.89. The third-order valence-electron chi connectivity index (χ3n) is 2.01. The fraction of sp³-hybridized carbons (Fsp3) is 0.100. The molecule has 3 N–H and O–H groups in total. The van der Waals surface area contributed by atoms with Crippen molar-refractivity contribution in [3.05, 3.63) is 41.2 Å². The lowest BCUT2D eigenvalue weighted by atomic mass is 10.2. The standard InChI is InChI=1S/C10H10ClN5O/c11-8-3-1-7(2-4-8)5-12-10(17)15-9-13-6-14-16-9/h1-4,6H,5H2,(H3,12,13,14,15,16,17). The van der Waals surface area contributed by atoms with Crippen LogP contribution in [0.2, 0.25) is 5.02 Å². The highest BCUT2D eigenvalue weighted by molar-refractivity contribution is 6.30. The van der Waals surface area contributed by atoms with Crippen LogP contribution in [-0.2, 0) is 6.54 Å². The summed E-state index contributed by atoms with van der Waals surface area (Å²) in [6.45, 7) is 0.414. The van der Waals surface area contributed by atoms with Gasteiger partial charge >= 0.3 is 6.03 Å². The van der Waals surface area contributed by atoms with E-state index in [9.17, 15) is 4.79 Å². The molecule has 0 unspecified atom stereocenters. The van der Waals surface area contributed by atoms with Crippen molar-refractivity contribution in [2.45, 2.75) is 6.54 Å². The lowest BCUT2D eigenvalue weighted by Gasteiger charge is -2.05. The molecular formula is C10H10ClN5O. The lowest BCUT2D eigenvalue weighted by molar-refractivity contribution is 0.251. The molecule has 2 amide bonds. The van der Waals surface area contributed by atoms with Crippen molar-refractivity contribution in [3.8, 4) is 0 Å². The van der Waals surface area contributed by atoms with Crippen LogP contribution in [-0.4, -0.2) is 21.2 Å². The van der Waals surface area contributed by atoms with Crippen LogP contribution in [0.3, 0.4) is 0 Å². The molecule has 6 nitrogen and oxygen atoms in total. The van der Waals surface area contributed by atoms with E-state index in [1.54, 1.807) is 12.1 Å². The Morgan fingerprint density at radius 3 is 2.76 bits per heavy atom. The molecule has 7 heteroatoms. The maximum atomic E-state index is 11.4. The maximum absolute atomic E-state index is 11.4. The molecule has 0 atom stereocenters. The van der Waals surface area contributed by atoms with Gasteiger partial charge in [-0.25, -0.2) is 9.89 Å². The van der Waals surface area contributed by atoms with Gasteiger partial charge in [-0.3, -0.25) is 5.32 Å². The van der Waals surface area contributed by atoms with Gasteiger partial charge in [0.1, 0.15) is 6.33 Å². The van der Waals surface area contributed by atoms with Gasteiger partial charge in [0.25, 0.3) is 0 Å². The fourth-order valence-corrected chi connectivity index (χ4v) is 1.33. The third-order valence-corrected chi connectivity index (χ3v) is 2.27. The van der Waals surface area contributed by atoms with Crippen LogP contribution in [0.4, 0.5) is 10.7 Å². The molecule has 1 aromatic heterocycles. The second-order valence-electron chi connectivity index (χ2n) is 3.27. The molecule has 0 saturated heterocycles. The zero-order valence-electron chi connectivity index (χ0n) is 8.77. The Morgan fingerprint density at radius 2 is 2.12 bits per heavy atom. The van der Waals surface area contributed by atoms with Crippen LogP contribution in [0, 0.1) is 0 Å². The number of anilines is 1. The van der Waals surface area contributed by atoms with E-state index in [4.69, 9.17) is 11.6 Å². The van der Waals surface area contributed by atoms with Crippen molar-refractivity contribution < 1.29 is 4.79 Å². The molecule has 88 valence electrons. The Kier molecular flexibility index (Phi) is 3.56. The van der Waals surface area contributed by atoms with Crippen LogP contribution in [0.25, 0.3) is 0 Å². The fourth-order valence-electron chi connectivity index (χ4n) is 1.20. The van der Waals surface area contributed by atoms with E-state index in [2.05, 4.69) is 25.8 Å². The average Bonchev–Trinajstić information content (AvgIpc) is 2.81. The van der Waals surface area contributed by atoms with Gasteiger partial charge in [-0.15, -0.1) is 0 Å². The molecule has 0 aliphatic carbocycles. The van der Waals surface area contributed by atoms with Gasteiger partial charge in [-0.1, -0.05) is 23.7 Å². The van der Waals surface area contributed by atoms with Gasteiger partial charge < -0.3 is 5.32 Å². The number of carbonyl (C=O) groups excluding carboxylic acids is 1. The molecule has 0 fully saturated rings. The summed E-state index contributed by atoms with van der Waals surface area (Å²) in [7, 11) is 0. The molecule has 1 aromatic carbocycles. The van der Waals surface area contributed by atoms with E-state index in [-0.39, 0.29) is 6.03 Å². The molecule has 1 heterocycles. The van der Waals surface area contributed by atoms with Gasteiger partial charge in [-0.05, 0) is 17.7 Å². The monoisotopic (exact) mass is 251 g/mol. The number of aromatic nitrogens is 3. The Hall–Kier alpha value is -2.08. The number of aromatic amines is 1. The number of rotatable bonds is 3. The first-order valence-corrected chi connectivity index (χ1v) is 5.26. The van der Waals surface area contributed by atoms with Crippen molar-refractivity contribution in [1.82, 2.24) is 20.5 Å². The average molecular weight is 252 g/mol. The molecule has 2 rings (SSSR count). The summed E-state index contributed by atoms with van der Waals surface area (Å²) in [6.07, 6.45) is 1.31. The van der Waals surface area contributed by atoms with E-state index in [0.29, 0.717) is 17.5 Å². The molecule has 0 aliphatic rings. The number of hydrogen-bond acceptors (Lipinski definition) is 3. The quantitative estimate of drug-likeness (QED) is 0.778. The van der Waals surface area contributed by atoms with Crippen molar-refractivity contribution in [2.75, 3.05) is 5.32 Å². The first-order chi connectivity index (χ1) is 8.24. The Bertz CT molecular complexity index is 482.